The van der Waals surface area contributed by atoms with Gasteiger partial charge in [0.2, 0.25) is 0 Å². The number of esters is 1. The lowest BCUT2D eigenvalue weighted by molar-refractivity contribution is -0.140. The van der Waals surface area contributed by atoms with E-state index in [4.69, 9.17) is 0 Å². The summed E-state index contributed by atoms with van der Waals surface area (Å²) in [6.07, 6.45) is 5.78. The number of hydrogen-bond donors (Lipinski definition) is 1. The van der Waals surface area contributed by atoms with Gasteiger partial charge in [0, 0.05) is 26.1 Å². The van der Waals surface area contributed by atoms with Crippen LogP contribution in [0.25, 0.3) is 0 Å². The number of rotatable bonds is 9. The van der Waals surface area contributed by atoms with Crippen molar-refractivity contribution in [3.8, 4) is 0 Å². The van der Waals surface area contributed by atoms with Gasteiger partial charge >= 0.3 is 5.97 Å². The molecule has 0 aromatic carbocycles. The molecule has 1 saturated heterocycles. The van der Waals surface area contributed by atoms with Gasteiger partial charge < -0.3 is 4.74 Å². The Balaban J connectivity index is 2.02. The summed E-state index contributed by atoms with van der Waals surface area (Å²) in [4.78, 5) is 10.9. The van der Waals surface area contributed by atoms with Crippen molar-refractivity contribution < 1.29 is 17.9 Å². The fourth-order valence-electron chi connectivity index (χ4n) is 2.07. The van der Waals surface area contributed by atoms with E-state index < -0.39 is 10.2 Å². The molecule has 0 aromatic rings. The Hall–Kier alpha value is -0.660. The molecule has 0 aliphatic carbocycles. The van der Waals surface area contributed by atoms with Crippen LogP contribution in [0.15, 0.2) is 0 Å². The van der Waals surface area contributed by atoms with Crippen LogP contribution >= 0.6 is 0 Å². The smallest absolute Gasteiger partial charge is 0.305 e. The molecule has 1 rings (SSSR count). The summed E-state index contributed by atoms with van der Waals surface area (Å²) in [5.41, 5.74) is 0. The maximum atomic E-state index is 11.8. The first-order valence-electron chi connectivity index (χ1n) is 6.88. The summed E-state index contributed by atoms with van der Waals surface area (Å²) in [6.45, 7) is 1.74. The molecule has 0 atom stereocenters. The molecule has 6 nitrogen and oxygen atoms in total. The molecular weight excluding hydrogens is 268 g/mol. The van der Waals surface area contributed by atoms with Crippen molar-refractivity contribution in [3.05, 3.63) is 0 Å². The molecule has 0 aromatic heterocycles. The van der Waals surface area contributed by atoms with Crippen LogP contribution in [0.2, 0.25) is 0 Å². The number of unbranched alkanes of at least 4 members (excludes halogenated alkanes) is 3. The average Bonchev–Trinajstić information content (AvgIpc) is 2.91. The third-order valence-electron chi connectivity index (χ3n) is 3.22. The minimum Gasteiger partial charge on any atom is -0.469 e. The van der Waals surface area contributed by atoms with Gasteiger partial charge in [0.1, 0.15) is 0 Å². The Bertz CT molecular complexity index is 364. The molecule has 0 amide bonds. The van der Waals surface area contributed by atoms with E-state index in [1.54, 1.807) is 0 Å². The lowest BCUT2D eigenvalue weighted by Crippen LogP contribution is -2.39. The SMILES string of the molecule is COC(=O)CCCCCCNS(=O)(=O)N1CCCC1. The van der Waals surface area contributed by atoms with Gasteiger partial charge in [-0.15, -0.1) is 0 Å². The fourth-order valence-corrected chi connectivity index (χ4v) is 3.39. The van der Waals surface area contributed by atoms with Crippen LogP contribution in [0, 0.1) is 0 Å². The van der Waals surface area contributed by atoms with Crippen LogP contribution < -0.4 is 4.72 Å². The van der Waals surface area contributed by atoms with Gasteiger partial charge in [0.05, 0.1) is 7.11 Å². The van der Waals surface area contributed by atoms with Crippen LogP contribution in [0.3, 0.4) is 0 Å². The van der Waals surface area contributed by atoms with Crippen molar-refractivity contribution in [1.82, 2.24) is 9.03 Å². The first-order chi connectivity index (χ1) is 9.06. The monoisotopic (exact) mass is 292 g/mol. The number of hydrogen-bond acceptors (Lipinski definition) is 4. The van der Waals surface area contributed by atoms with Crippen LogP contribution in [-0.4, -0.2) is 45.4 Å². The first-order valence-corrected chi connectivity index (χ1v) is 8.32. The molecule has 112 valence electrons. The highest BCUT2D eigenvalue weighted by atomic mass is 32.2. The standard InChI is InChI=1S/C12H24N2O4S/c1-18-12(15)8-4-2-3-5-9-13-19(16,17)14-10-6-7-11-14/h13H,2-11H2,1H3. The predicted molar refractivity (Wildman–Crippen MR) is 72.8 cm³/mol. The zero-order chi connectivity index (χ0) is 14.1. The zero-order valence-electron chi connectivity index (χ0n) is 11.6. The molecule has 1 aliphatic rings. The topological polar surface area (TPSA) is 75.7 Å². The van der Waals surface area contributed by atoms with Crippen LogP contribution in [0.5, 0.6) is 0 Å². The Morgan fingerprint density at radius 3 is 2.42 bits per heavy atom. The highest BCUT2D eigenvalue weighted by Crippen LogP contribution is 2.11. The first kappa shape index (κ1) is 16.4. The van der Waals surface area contributed by atoms with Gasteiger partial charge in [-0.3, -0.25) is 4.79 Å². The second-order valence-electron chi connectivity index (χ2n) is 4.75. The highest BCUT2D eigenvalue weighted by Gasteiger charge is 2.24. The number of methoxy groups -OCH3 is 1. The number of nitrogens with one attached hydrogen (secondary N) is 1. The minimum absolute atomic E-state index is 0.185. The van der Waals surface area contributed by atoms with Crippen LogP contribution in [-0.2, 0) is 19.7 Å². The van der Waals surface area contributed by atoms with Gasteiger partial charge in [-0.25, -0.2) is 4.72 Å². The maximum absolute atomic E-state index is 11.8. The third-order valence-corrected chi connectivity index (χ3v) is 4.84. The quantitative estimate of drug-likeness (QED) is 0.509. The van der Waals surface area contributed by atoms with Crippen LogP contribution in [0.4, 0.5) is 0 Å². The summed E-state index contributed by atoms with van der Waals surface area (Å²) in [5, 5.41) is 0. The highest BCUT2D eigenvalue weighted by molar-refractivity contribution is 7.87. The minimum atomic E-state index is -3.26. The fraction of sp³-hybridized carbons (Fsp3) is 0.917. The molecule has 0 bridgehead atoms. The molecular formula is C12H24N2O4S. The van der Waals surface area contributed by atoms with E-state index in [2.05, 4.69) is 9.46 Å². The van der Waals surface area contributed by atoms with E-state index in [1.165, 1.54) is 11.4 Å². The normalized spacial score (nSPS) is 16.7. The van der Waals surface area contributed by atoms with Gasteiger partial charge in [-0.05, 0) is 25.7 Å². The maximum Gasteiger partial charge on any atom is 0.305 e. The van der Waals surface area contributed by atoms with Crippen molar-refractivity contribution in [2.24, 2.45) is 0 Å². The Morgan fingerprint density at radius 1 is 1.16 bits per heavy atom. The Kier molecular flexibility index (Phi) is 7.33. The van der Waals surface area contributed by atoms with Crippen molar-refractivity contribution in [1.29, 1.82) is 0 Å². The molecule has 1 fully saturated rings. The summed E-state index contributed by atoms with van der Waals surface area (Å²) in [7, 11) is -1.88. The van der Waals surface area contributed by atoms with Crippen molar-refractivity contribution in [2.45, 2.75) is 44.9 Å². The third kappa shape index (κ3) is 6.35. The van der Waals surface area contributed by atoms with E-state index in [-0.39, 0.29) is 5.97 Å². The molecule has 1 aliphatic heterocycles. The number of nitrogens with zero attached hydrogens (tertiary/aromatic N) is 1. The lowest BCUT2D eigenvalue weighted by Gasteiger charge is -2.15. The zero-order valence-corrected chi connectivity index (χ0v) is 12.4. The van der Waals surface area contributed by atoms with E-state index >= 15 is 0 Å². The molecule has 0 unspecified atom stereocenters. The molecule has 19 heavy (non-hydrogen) atoms. The summed E-state index contributed by atoms with van der Waals surface area (Å²) >= 11 is 0. The largest absolute Gasteiger partial charge is 0.469 e. The van der Waals surface area contributed by atoms with E-state index in [0.29, 0.717) is 26.1 Å². The van der Waals surface area contributed by atoms with E-state index in [1.807, 2.05) is 0 Å². The number of carbonyl (C=O) groups excluding carboxylic acids is 1. The predicted octanol–water partition coefficient (Wildman–Crippen LogP) is 1.04. The van der Waals surface area contributed by atoms with Crippen molar-refractivity contribution in [2.75, 3.05) is 26.7 Å². The van der Waals surface area contributed by atoms with E-state index in [9.17, 15) is 13.2 Å². The van der Waals surface area contributed by atoms with Gasteiger partial charge in [-0.1, -0.05) is 12.8 Å². The summed E-state index contributed by atoms with van der Waals surface area (Å²) < 4.78 is 32.3. The molecule has 0 spiro atoms. The Morgan fingerprint density at radius 2 is 1.79 bits per heavy atom. The van der Waals surface area contributed by atoms with Crippen LogP contribution in [0.1, 0.15) is 44.9 Å². The van der Waals surface area contributed by atoms with E-state index in [0.717, 1.165) is 38.5 Å². The molecule has 7 heteroatoms. The summed E-state index contributed by atoms with van der Waals surface area (Å²) in [6, 6.07) is 0. The number of ether oxygens (including phenoxy) is 1. The second kappa shape index (κ2) is 8.50. The van der Waals surface area contributed by atoms with Gasteiger partial charge in [-0.2, -0.15) is 12.7 Å². The van der Waals surface area contributed by atoms with Gasteiger partial charge in [0.25, 0.3) is 10.2 Å². The Labute approximate surface area is 115 Å². The van der Waals surface area contributed by atoms with Crippen molar-refractivity contribution >= 4 is 16.2 Å². The van der Waals surface area contributed by atoms with Gasteiger partial charge in [0.15, 0.2) is 0 Å². The molecule has 1 N–H and O–H groups in total. The molecule has 0 radical (unpaired) electrons. The summed E-state index contributed by atoms with van der Waals surface area (Å²) in [5.74, 6) is -0.185. The van der Waals surface area contributed by atoms with Crippen molar-refractivity contribution in [3.63, 3.8) is 0 Å². The second-order valence-corrected chi connectivity index (χ2v) is 6.50. The lowest BCUT2D eigenvalue weighted by atomic mass is 10.1. The molecule has 0 saturated carbocycles. The molecule has 1 heterocycles. The number of carbonyl (C=O) groups is 1. The average molecular weight is 292 g/mol.